The first-order valence-corrected chi connectivity index (χ1v) is 12.9. The molecule has 2 heterocycles. The maximum absolute atomic E-state index is 13.0. The second-order valence-corrected chi connectivity index (χ2v) is 10.6. The van der Waals surface area contributed by atoms with Crippen molar-refractivity contribution in [3.63, 3.8) is 0 Å². The molecule has 190 valence electrons. The quantitative estimate of drug-likeness (QED) is 0.375. The van der Waals surface area contributed by atoms with E-state index in [9.17, 15) is 9.90 Å². The molecule has 3 aromatic rings. The lowest BCUT2D eigenvalue weighted by molar-refractivity contribution is -0.0266. The van der Waals surface area contributed by atoms with Gasteiger partial charge < -0.3 is 14.9 Å². The number of rotatable bonds is 6. The van der Waals surface area contributed by atoms with Gasteiger partial charge in [-0.3, -0.25) is 4.79 Å². The first-order valence-electron chi connectivity index (χ1n) is 12.2. The second kappa shape index (κ2) is 11.1. The zero-order valence-electron chi connectivity index (χ0n) is 20.2. The molecule has 0 bridgehead atoms. The molecule has 0 spiro atoms. The summed E-state index contributed by atoms with van der Waals surface area (Å²) in [5, 5.41) is 12.3. The molecule has 1 fully saturated rings. The number of hydrogen-bond donors (Lipinski definition) is 1. The monoisotopic (exact) mass is 544 g/mol. The minimum atomic E-state index is -0.766. The molecule has 1 amide bonds. The molecule has 0 aromatic heterocycles. The number of nitrogens with zero attached hydrogens (tertiary/aromatic N) is 2. The predicted octanol–water partition coefficient (Wildman–Crippen LogP) is 6.70. The van der Waals surface area contributed by atoms with Gasteiger partial charge >= 0.3 is 0 Å². The maximum atomic E-state index is 13.0. The van der Waals surface area contributed by atoms with E-state index in [1.807, 2.05) is 78.7 Å². The van der Waals surface area contributed by atoms with Crippen molar-refractivity contribution in [2.45, 2.75) is 36.8 Å². The predicted molar refractivity (Wildman–Crippen MR) is 148 cm³/mol. The first-order chi connectivity index (χ1) is 16.9. The van der Waals surface area contributed by atoms with E-state index in [4.69, 9.17) is 23.2 Å². The van der Waals surface area contributed by atoms with E-state index in [0.717, 1.165) is 48.3 Å². The highest BCUT2D eigenvalue weighted by Gasteiger charge is 2.40. The van der Waals surface area contributed by atoms with Gasteiger partial charge in [-0.15, -0.1) is 12.4 Å². The Hall–Kier alpha value is -2.08. The number of carbonyl (C=O) groups excluding carboxylic acids is 1. The summed E-state index contributed by atoms with van der Waals surface area (Å²) in [5.41, 5.74) is 3.15. The minimum absolute atomic E-state index is 0. The molecule has 1 N–H and O–H groups in total. The Morgan fingerprint density at radius 2 is 1.64 bits per heavy atom. The topological polar surface area (TPSA) is 43.8 Å². The minimum Gasteiger partial charge on any atom is -0.385 e. The van der Waals surface area contributed by atoms with Crippen LogP contribution < -0.4 is 0 Å². The lowest BCUT2D eigenvalue weighted by atomic mass is 9.83. The lowest BCUT2D eigenvalue weighted by Crippen LogP contribution is -2.43. The summed E-state index contributed by atoms with van der Waals surface area (Å²) < 4.78 is 0. The number of likely N-dealkylation sites (N-methyl/N-ethyl adjacent to an activating group) is 1. The van der Waals surface area contributed by atoms with Crippen molar-refractivity contribution in [1.29, 1.82) is 0 Å². The highest BCUT2D eigenvalue weighted by molar-refractivity contribution is 6.42. The third-order valence-electron chi connectivity index (χ3n) is 7.75. The number of amides is 1. The summed E-state index contributed by atoms with van der Waals surface area (Å²) >= 11 is 12.6. The van der Waals surface area contributed by atoms with Gasteiger partial charge in [-0.25, -0.2) is 0 Å². The van der Waals surface area contributed by atoms with E-state index in [1.165, 1.54) is 0 Å². The first kappa shape index (κ1) is 27.0. The Morgan fingerprint density at radius 1 is 0.972 bits per heavy atom. The fourth-order valence-corrected chi connectivity index (χ4v) is 6.02. The van der Waals surface area contributed by atoms with Crippen LogP contribution in [0.3, 0.4) is 0 Å². The highest BCUT2D eigenvalue weighted by atomic mass is 35.5. The summed E-state index contributed by atoms with van der Waals surface area (Å²) in [5.74, 6) is 0.124. The second-order valence-electron chi connectivity index (χ2n) is 9.76. The van der Waals surface area contributed by atoms with Crippen LogP contribution in [0.2, 0.25) is 10.0 Å². The molecule has 36 heavy (non-hydrogen) atoms. The van der Waals surface area contributed by atoms with Crippen molar-refractivity contribution < 1.29 is 9.90 Å². The van der Waals surface area contributed by atoms with E-state index in [2.05, 4.69) is 11.0 Å². The summed E-state index contributed by atoms with van der Waals surface area (Å²) in [6.07, 6.45) is 2.27. The fourth-order valence-electron chi connectivity index (χ4n) is 5.72. The SMILES string of the molecule is CN1C(=O)c2ccccc2[C@H]1[C@H](CCN1CCC(O)(c2ccccc2)CC1)c1ccc(Cl)c(Cl)c1.Cl. The molecular formula is C29H31Cl3N2O2. The number of hydrogen-bond acceptors (Lipinski definition) is 3. The highest BCUT2D eigenvalue weighted by Crippen LogP contribution is 2.45. The summed E-state index contributed by atoms with van der Waals surface area (Å²) in [4.78, 5) is 17.3. The molecule has 0 aliphatic carbocycles. The number of halogens is 3. The average molecular weight is 546 g/mol. The third kappa shape index (κ3) is 5.16. The van der Waals surface area contributed by atoms with Gasteiger partial charge in [0.2, 0.25) is 0 Å². The van der Waals surface area contributed by atoms with E-state index in [1.54, 1.807) is 0 Å². The Kier molecular flexibility index (Phi) is 8.33. The van der Waals surface area contributed by atoms with Gasteiger partial charge in [0.15, 0.2) is 0 Å². The van der Waals surface area contributed by atoms with Crippen molar-refractivity contribution >= 4 is 41.5 Å². The molecule has 2 atom stereocenters. The molecule has 0 saturated carbocycles. The number of aliphatic hydroxyl groups is 1. The fraction of sp³-hybridized carbons (Fsp3) is 0.345. The van der Waals surface area contributed by atoms with Gasteiger partial charge in [0.25, 0.3) is 5.91 Å². The summed E-state index contributed by atoms with van der Waals surface area (Å²) in [6.45, 7) is 2.53. The van der Waals surface area contributed by atoms with Crippen LogP contribution in [0.5, 0.6) is 0 Å². The number of piperidine rings is 1. The third-order valence-corrected chi connectivity index (χ3v) is 8.49. The van der Waals surface area contributed by atoms with E-state index < -0.39 is 5.60 Å². The van der Waals surface area contributed by atoms with E-state index in [0.29, 0.717) is 22.9 Å². The van der Waals surface area contributed by atoms with Crippen LogP contribution in [0.25, 0.3) is 0 Å². The molecule has 2 aliphatic heterocycles. The molecular weight excluding hydrogens is 515 g/mol. The zero-order valence-corrected chi connectivity index (χ0v) is 22.6. The smallest absolute Gasteiger partial charge is 0.254 e. The van der Waals surface area contributed by atoms with Gasteiger partial charge in [0.1, 0.15) is 0 Å². The molecule has 7 heteroatoms. The van der Waals surface area contributed by atoms with Crippen molar-refractivity contribution in [1.82, 2.24) is 9.80 Å². The molecule has 2 aliphatic rings. The molecule has 3 aromatic carbocycles. The van der Waals surface area contributed by atoms with Gasteiger partial charge in [0, 0.05) is 31.6 Å². The Morgan fingerprint density at radius 3 is 2.33 bits per heavy atom. The van der Waals surface area contributed by atoms with Crippen LogP contribution in [0, 0.1) is 0 Å². The summed E-state index contributed by atoms with van der Waals surface area (Å²) in [7, 11) is 1.89. The summed E-state index contributed by atoms with van der Waals surface area (Å²) in [6, 6.07) is 23.6. The van der Waals surface area contributed by atoms with E-state index in [-0.39, 0.29) is 30.3 Å². The Labute approximate surface area is 229 Å². The number of fused-ring (bicyclic) bond motifs is 1. The lowest BCUT2D eigenvalue weighted by Gasteiger charge is -2.39. The van der Waals surface area contributed by atoms with Crippen LogP contribution in [0.15, 0.2) is 72.8 Å². The maximum Gasteiger partial charge on any atom is 0.254 e. The van der Waals surface area contributed by atoms with Crippen LogP contribution in [-0.2, 0) is 5.60 Å². The zero-order chi connectivity index (χ0) is 24.6. The van der Waals surface area contributed by atoms with Crippen LogP contribution >= 0.6 is 35.6 Å². The molecule has 0 unspecified atom stereocenters. The van der Waals surface area contributed by atoms with Gasteiger partial charge in [-0.05, 0) is 60.7 Å². The van der Waals surface area contributed by atoms with Gasteiger partial charge in [0.05, 0.1) is 21.7 Å². The number of likely N-dealkylation sites (tertiary alicyclic amines) is 1. The average Bonchev–Trinajstić information content (AvgIpc) is 3.13. The molecule has 4 nitrogen and oxygen atoms in total. The van der Waals surface area contributed by atoms with Crippen LogP contribution in [0.4, 0.5) is 0 Å². The van der Waals surface area contributed by atoms with Crippen molar-refractivity contribution in [2.24, 2.45) is 0 Å². The molecule has 0 radical (unpaired) electrons. The van der Waals surface area contributed by atoms with Gasteiger partial charge in [-0.1, -0.05) is 77.8 Å². The number of carbonyl (C=O) groups is 1. The Bertz CT molecular complexity index is 1210. The van der Waals surface area contributed by atoms with E-state index >= 15 is 0 Å². The van der Waals surface area contributed by atoms with Crippen molar-refractivity contribution in [3.8, 4) is 0 Å². The van der Waals surface area contributed by atoms with Crippen molar-refractivity contribution in [2.75, 3.05) is 26.7 Å². The Balaban J connectivity index is 0.00000304. The standard InChI is InChI=1S/C29H30Cl2N2O2.ClH/c1-32-27(23-9-5-6-10-24(23)28(32)34)22(20-11-12-25(30)26(31)19-20)13-16-33-17-14-29(35,15-18-33)21-7-3-2-4-8-21;/h2-12,19,22,27,35H,13-18H2,1H3;1H/t22-,27-;/m1./s1. The van der Waals surface area contributed by atoms with Crippen LogP contribution in [0.1, 0.15) is 58.3 Å². The normalized spacial score (nSPS) is 20.1. The number of benzene rings is 3. The van der Waals surface area contributed by atoms with Gasteiger partial charge in [-0.2, -0.15) is 0 Å². The molecule has 5 rings (SSSR count). The largest absolute Gasteiger partial charge is 0.385 e. The van der Waals surface area contributed by atoms with Crippen LogP contribution in [-0.4, -0.2) is 47.5 Å². The molecule has 1 saturated heterocycles. The van der Waals surface area contributed by atoms with Crippen molar-refractivity contribution in [3.05, 3.63) is 105 Å².